The first-order valence-corrected chi connectivity index (χ1v) is 9.90. The molecule has 0 aliphatic heterocycles. The fourth-order valence-corrected chi connectivity index (χ4v) is 3.74. The smallest absolute Gasteiger partial charge is 0.303 e. The van der Waals surface area contributed by atoms with Gasteiger partial charge in [-0.1, -0.05) is 13.0 Å². The Morgan fingerprint density at radius 3 is 2.67 bits per heavy atom. The summed E-state index contributed by atoms with van der Waals surface area (Å²) in [5.74, 6) is -0.908. The van der Waals surface area contributed by atoms with Crippen LogP contribution in [0.3, 0.4) is 0 Å². The zero-order valence-corrected chi connectivity index (χ0v) is 16.3. The van der Waals surface area contributed by atoms with E-state index in [9.17, 15) is 19.2 Å². The standard InChI is InChI=1S/C21H30O6/c1-14-12-20(24)19(21(14)25)11-3-6-16(23)13-26-17-7-4-9-18(10-5-8-17)27-15(2)22/h4,9,14,17-19H,3,5-8,10-13H2,1-2H3/b9-4+. The van der Waals surface area contributed by atoms with E-state index in [0.29, 0.717) is 32.1 Å². The van der Waals surface area contributed by atoms with E-state index in [1.165, 1.54) is 6.92 Å². The Kier molecular flexibility index (Phi) is 8.35. The number of rotatable bonds is 8. The van der Waals surface area contributed by atoms with Crippen LogP contribution >= 0.6 is 0 Å². The van der Waals surface area contributed by atoms with Crippen LogP contribution in [0.4, 0.5) is 0 Å². The fraction of sp³-hybridized carbons (Fsp3) is 0.714. The van der Waals surface area contributed by atoms with Gasteiger partial charge in [0.05, 0.1) is 12.0 Å². The van der Waals surface area contributed by atoms with Crippen molar-refractivity contribution >= 4 is 23.3 Å². The largest absolute Gasteiger partial charge is 0.458 e. The lowest BCUT2D eigenvalue weighted by molar-refractivity contribution is -0.144. The first kappa shape index (κ1) is 21.5. The summed E-state index contributed by atoms with van der Waals surface area (Å²) in [5, 5.41) is 0. The SMILES string of the molecule is CC(=O)OC1/C=C/CC(OCC(=O)CCCC2C(=O)CC(C)C2=O)CCC1. The number of hydrogen-bond donors (Lipinski definition) is 0. The van der Waals surface area contributed by atoms with Gasteiger partial charge in [0.25, 0.3) is 0 Å². The molecule has 0 heterocycles. The van der Waals surface area contributed by atoms with Crippen molar-refractivity contribution in [2.45, 2.75) is 77.4 Å². The van der Waals surface area contributed by atoms with E-state index in [2.05, 4.69) is 0 Å². The minimum absolute atomic E-state index is 0.00442. The lowest BCUT2D eigenvalue weighted by atomic mass is 9.96. The summed E-state index contributed by atoms with van der Waals surface area (Å²) in [5.41, 5.74) is 0. The molecule has 0 saturated heterocycles. The van der Waals surface area contributed by atoms with Gasteiger partial charge in [-0.3, -0.25) is 19.2 Å². The first-order chi connectivity index (χ1) is 12.9. The molecule has 150 valence electrons. The Hall–Kier alpha value is -1.82. The second-order valence-corrected chi connectivity index (χ2v) is 7.63. The van der Waals surface area contributed by atoms with Crippen LogP contribution in [0.15, 0.2) is 12.2 Å². The Labute approximate surface area is 160 Å². The maximum absolute atomic E-state index is 12.0. The maximum Gasteiger partial charge on any atom is 0.303 e. The lowest BCUT2D eigenvalue weighted by Crippen LogP contribution is -2.22. The van der Waals surface area contributed by atoms with Gasteiger partial charge in [-0.05, 0) is 44.6 Å². The number of esters is 1. The van der Waals surface area contributed by atoms with Gasteiger partial charge < -0.3 is 9.47 Å². The Balaban J connectivity index is 1.65. The molecule has 2 aliphatic carbocycles. The fourth-order valence-electron chi connectivity index (χ4n) is 3.74. The molecule has 6 heteroatoms. The molecule has 0 aromatic heterocycles. The van der Waals surface area contributed by atoms with Crippen LogP contribution in [0.25, 0.3) is 0 Å². The van der Waals surface area contributed by atoms with Gasteiger partial charge in [-0.25, -0.2) is 0 Å². The van der Waals surface area contributed by atoms with Gasteiger partial charge >= 0.3 is 5.97 Å². The molecule has 27 heavy (non-hydrogen) atoms. The van der Waals surface area contributed by atoms with Crippen LogP contribution in [-0.4, -0.2) is 42.1 Å². The molecule has 0 N–H and O–H groups in total. The van der Waals surface area contributed by atoms with E-state index in [1.54, 1.807) is 6.92 Å². The van der Waals surface area contributed by atoms with Crippen LogP contribution in [-0.2, 0) is 28.7 Å². The molecule has 1 fully saturated rings. The minimum atomic E-state index is -0.505. The molecule has 0 radical (unpaired) electrons. The van der Waals surface area contributed by atoms with Gasteiger partial charge in [0, 0.05) is 25.7 Å². The number of hydrogen-bond acceptors (Lipinski definition) is 6. The normalized spacial score (nSPS) is 29.9. The van der Waals surface area contributed by atoms with Crippen LogP contribution in [0, 0.1) is 11.8 Å². The van der Waals surface area contributed by atoms with Crippen molar-refractivity contribution in [1.29, 1.82) is 0 Å². The number of ether oxygens (including phenoxy) is 2. The summed E-state index contributed by atoms with van der Waals surface area (Å²) >= 11 is 0. The zero-order valence-electron chi connectivity index (χ0n) is 16.3. The number of ketones is 3. The summed E-state index contributed by atoms with van der Waals surface area (Å²) in [4.78, 5) is 46.7. The highest BCUT2D eigenvalue weighted by molar-refractivity contribution is 6.09. The average molecular weight is 378 g/mol. The third-order valence-electron chi connectivity index (χ3n) is 5.24. The molecule has 0 amide bonds. The van der Waals surface area contributed by atoms with Crippen molar-refractivity contribution < 1.29 is 28.7 Å². The van der Waals surface area contributed by atoms with Crippen LogP contribution in [0.2, 0.25) is 0 Å². The highest BCUT2D eigenvalue weighted by Gasteiger charge is 2.37. The molecule has 2 rings (SSSR count). The summed E-state index contributed by atoms with van der Waals surface area (Å²) in [6, 6.07) is 0. The van der Waals surface area contributed by atoms with Gasteiger partial charge in [0.2, 0.25) is 0 Å². The number of carbonyl (C=O) groups is 4. The third-order valence-corrected chi connectivity index (χ3v) is 5.24. The topological polar surface area (TPSA) is 86.7 Å². The quantitative estimate of drug-likeness (QED) is 0.367. The Morgan fingerprint density at radius 1 is 1.22 bits per heavy atom. The highest BCUT2D eigenvalue weighted by atomic mass is 16.5. The van der Waals surface area contributed by atoms with Crippen molar-refractivity contribution in [2.75, 3.05) is 6.61 Å². The monoisotopic (exact) mass is 378 g/mol. The molecule has 1 saturated carbocycles. The molecule has 2 aliphatic rings. The molecular weight excluding hydrogens is 348 g/mol. The number of Topliss-reactive ketones (excluding diaryl/α,β-unsaturated/α-hetero) is 3. The summed E-state index contributed by atoms with van der Waals surface area (Å²) < 4.78 is 10.9. The van der Waals surface area contributed by atoms with Gasteiger partial charge in [-0.2, -0.15) is 0 Å². The Morgan fingerprint density at radius 2 is 2.00 bits per heavy atom. The van der Waals surface area contributed by atoms with Crippen molar-refractivity contribution in [3.63, 3.8) is 0 Å². The van der Waals surface area contributed by atoms with Gasteiger partial charge in [0.1, 0.15) is 24.3 Å². The molecular formula is C21H30O6. The van der Waals surface area contributed by atoms with E-state index < -0.39 is 5.92 Å². The lowest BCUT2D eigenvalue weighted by Gasteiger charge is -2.21. The second-order valence-electron chi connectivity index (χ2n) is 7.63. The summed E-state index contributed by atoms with van der Waals surface area (Å²) in [7, 11) is 0. The minimum Gasteiger partial charge on any atom is -0.458 e. The van der Waals surface area contributed by atoms with Gasteiger partial charge in [-0.15, -0.1) is 0 Å². The van der Waals surface area contributed by atoms with E-state index in [1.807, 2.05) is 12.2 Å². The molecule has 0 bridgehead atoms. The molecule has 4 atom stereocenters. The summed E-state index contributed by atoms with van der Waals surface area (Å²) in [6.45, 7) is 3.26. The van der Waals surface area contributed by atoms with E-state index in [4.69, 9.17) is 9.47 Å². The van der Waals surface area contributed by atoms with E-state index >= 15 is 0 Å². The van der Waals surface area contributed by atoms with Crippen molar-refractivity contribution in [3.8, 4) is 0 Å². The van der Waals surface area contributed by atoms with E-state index in [0.717, 1.165) is 19.3 Å². The van der Waals surface area contributed by atoms with Crippen molar-refractivity contribution in [2.24, 2.45) is 11.8 Å². The molecule has 0 aromatic rings. The predicted octanol–water partition coefficient (Wildman–Crippen LogP) is 2.97. The third kappa shape index (κ3) is 7.01. The average Bonchev–Trinajstić information content (AvgIpc) is 2.82. The van der Waals surface area contributed by atoms with E-state index in [-0.39, 0.29) is 48.1 Å². The zero-order chi connectivity index (χ0) is 19.8. The van der Waals surface area contributed by atoms with Crippen LogP contribution in [0.1, 0.15) is 65.2 Å². The maximum atomic E-state index is 12.0. The van der Waals surface area contributed by atoms with Crippen LogP contribution < -0.4 is 0 Å². The first-order valence-electron chi connectivity index (χ1n) is 9.90. The number of carbonyl (C=O) groups excluding carboxylic acids is 4. The predicted molar refractivity (Wildman–Crippen MR) is 99.0 cm³/mol. The van der Waals surface area contributed by atoms with Crippen molar-refractivity contribution in [3.05, 3.63) is 12.2 Å². The Bertz CT molecular complexity index is 593. The molecule has 6 nitrogen and oxygen atoms in total. The van der Waals surface area contributed by atoms with Crippen LogP contribution in [0.5, 0.6) is 0 Å². The molecule has 0 spiro atoms. The second kappa shape index (κ2) is 10.5. The molecule has 0 aromatic carbocycles. The molecule has 4 unspecified atom stereocenters. The summed E-state index contributed by atoms with van der Waals surface area (Å²) in [6.07, 6.45) is 8.47. The van der Waals surface area contributed by atoms with Crippen molar-refractivity contribution in [1.82, 2.24) is 0 Å². The van der Waals surface area contributed by atoms with Gasteiger partial charge in [0.15, 0.2) is 5.78 Å². The highest BCUT2D eigenvalue weighted by Crippen LogP contribution is 2.27.